The first-order chi connectivity index (χ1) is 11.2. The Morgan fingerprint density at radius 3 is 1.96 bits per heavy atom. The van der Waals surface area contributed by atoms with Crippen molar-refractivity contribution in [3.63, 3.8) is 0 Å². The molecule has 1 atom stereocenters. The van der Waals surface area contributed by atoms with Crippen molar-refractivity contribution in [2.75, 3.05) is 0 Å². The molecule has 1 unspecified atom stereocenters. The average Bonchev–Trinajstić information content (AvgIpc) is 3.01. The smallest absolute Gasteiger partial charge is 0.230 e. The van der Waals surface area contributed by atoms with E-state index in [1.165, 1.54) is 11.1 Å². The fourth-order valence-corrected chi connectivity index (χ4v) is 2.87. The van der Waals surface area contributed by atoms with Gasteiger partial charge in [-0.2, -0.15) is 0 Å². The molecule has 0 aliphatic heterocycles. The van der Waals surface area contributed by atoms with Gasteiger partial charge < -0.3 is 9.73 Å². The minimum absolute atomic E-state index is 0.229. The van der Waals surface area contributed by atoms with E-state index in [-0.39, 0.29) is 12.0 Å². The van der Waals surface area contributed by atoms with Gasteiger partial charge in [-0.15, -0.1) is 10.2 Å². The van der Waals surface area contributed by atoms with Crippen molar-refractivity contribution in [3.8, 4) is 0 Å². The third kappa shape index (κ3) is 3.85. The van der Waals surface area contributed by atoms with Crippen LogP contribution < -0.4 is 5.32 Å². The second-order valence-corrected chi connectivity index (χ2v) is 5.68. The van der Waals surface area contributed by atoms with Crippen molar-refractivity contribution in [1.29, 1.82) is 0 Å². The molecule has 0 amide bonds. The Balaban J connectivity index is 1.80. The molecule has 0 fully saturated rings. The predicted molar refractivity (Wildman–Crippen MR) is 90.1 cm³/mol. The zero-order valence-electron chi connectivity index (χ0n) is 13.4. The van der Waals surface area contributed by atoms with Gasteiger partial charge in [0.2, 0.25) is 11.8 Å². The molecule has 0 aliphatic carbocycles. The summed E-state index contributed by atoms with van der Waals surface area (Å²) in [7, 11) is 0. The first-order valence-electron chi connectivity index (χ1n) is 7.86. The molecule has 0 aliphatic rings. The van der Waals surface area contributed by atoms with E-state index in [0.717, 1.165) is 0 Å². The van der Waals surface area contributed by atoms with Crippen LogP contribution in [0, 0.1) is 6.92 Å². The second-order valence-electron chi connectivity index (χ2n) is 5.68. The summed E-state index contributed by atoms with van der Waals surface area (Å²) in [6.45, 7) is 4.56. The number of nitrogens with one attached hydrogen (secondary N) is 1. The highest BCUT2D eigenvalue weighted by Gasteiger charge is 2.21. The number of hydrogen-bond acceptors (Lipinski definition) is 4. The van der Waals surface area contributed by atoms with Crippen molar-refractivity contribution in [2.45, 2.75) is 32.4 Å². The molecule has 23 heavy (non-hydrogen) atoms. The lowest BCUT2D eigenvalue weighted by Crippen LogP contribution is -2.32. The molecular formula is C19H21N3O. The van der Waals surface area contributed by atoms with Gasteiger partial charge in [0, 0.05) is 18.9 Å². The Morgan fingerprint density at radius 1 is 0.913 bits per heavy atom. The van der Waals surface area contributed by atoms with E-state index in [0.29, 0.717) is 18.3 Å². The predicted octanol–water partition coefficient (Wildman–Crippen LogP) is 3.69. The number of nitrogens with zero attached hydrogens (tertiary/aromatic N) is 2. The minimum atomic E-state index is 0.229. The molecule has 4 nitrogen and oxygen atoms in total. The molecule has 1 N–H and O–H groups in total. The number of aromatic nitrogens is 2. The Morgan fingerprint density at radius 2 is 1.48 bits per heavy atom. The van der Waals surface area contributed by atoms with Crippen LogP contribution in [-0.4, -0.2) is 16.2 Å². The summed E-state index contributed by atoms with van der Waals surface area (Å²) >= 11 is 0. The standard InChI is InChI=1S/C19H21N3O/c1-14(20-13-18-22-21-15(2)23-18)19(16-9-5-3-6-10-16)17-11-7-4-8-12-17/h3-12,14,19-20H,13H2,1-2H3. The van der Waals surface area contributed by atoms with E-state index in [1.807, 2.05) is 12.1 Å². The Kier molecular flexibility index (Phi) is 4.83. The van der Waals surface area contributed by atoms with Crippen LogP contribution in [0.15, 0.2) is 65.1 Å². The average molecular weight is 307 g/mol. The molecule has 2 aromatic carbocycles. The zero-order valence-corrected chi connectivity index (χ0v) is 13.4. The van der Waals surface area contributed by atoms with Gasteiger partial charge in [0.1, 0.15) is 0 Å². The van der Waals surface area contributed by atoms with Crippen LogP contribution in [0.5, 0.6) is 0 Å². The quantitative estimate of drug-likeness (QED) is 0.754. The molecule has 1 aromatic heterocycles. The van der Waals surface area contributed by atoms with Crippen LogP contribution >= 0.6 is 0 Å². The van der Waals surface area contributed by atoms with Gasteiger partial charge in [0.25, 0.3) is 0 Å². The SMILES string of the molecule is Cc1nnc(CNC(C)C(c2ccccc2)c2ccccc2)o1. The van der Waals surface area contributed by atoms with Crippen molar-refractivity contribution in [1.82, 2.24) is 15.5 Å². The van der Waals surface area contributed by atoms with Gasteiger partial charge in [-0.25, -0.2) is 0 Å². The molecule has 0 radical (unpaired) electrons. The van der Waals surface area contributed by atoms with Crippen LogP contribution in [0.3, 0.4) is 0 Å². The normalized spacial score (nSPS) is 12.5. The van der Waals surface area contributed by atoms with E-state index in [4.69, 9.17) is 4.42 Å². The topological polar surface area (TPSA) is 51.0 Å². The molecule has 118 valence electrons. The molecule has 3 rings (SSSR count). The maximum atomic E-state index is 5.44. The fourth-order valence-electron chi connectivity index (χ4n) is 2.87. The molecule has 3 aromatic rings. The van der Waals surface area contributed by atoms with Gasteiger partial charge in [0.15, 0.2) is 0 Å². The van der Waals surface area contributed by atoms with Gasteiger partial charge in [-0.3, -0.25) is 0 Å². The molecular weight excluding hydrogens is 286 g/mol. The van der Waals surface area contributed by atoms with E-state index in [1.54, 1.807) is 6.92 Å². The highest BCUT2D eigenvalue weighted by molar-refractivity contribution is 5.34. The van der Waals surface area contributed by atoms with Crippen molar-refractivity contribution < 1.29 is 4.42 Å². The summed E-state index contributed by atoms with van der Waals surface area (Å²) < 4.78 is 5.44. The van der Waals surface area contributed by atoms with Gasteiger partial charge in [-0.1, -0.05) is 60.7 Å². The maximum absolute atomic E-state index is 5.44. The maximum Gasteiger partial charge on any atom is 0.230 e. The van der Waals surface area contributed by atoms with Crippen molar-refractivity contribution >= 4 is 0 Å². The Bertz CT molecular complexity index is 685. The lowest BCUT2D eigenvalue weighted by Gasteiger charge is -2.25. The van der Waals surface area contributed by atoms with Gasteiger partial charge in [0.05, 0.1) is 6.54 Å². The highest BCUT2D eigenvalue weighted by Crippen LogP contribution is 2.28. The van der Waals surface area contributed by atoms with Crippen LogP contribution in [0.4, 0.5) is 0 Å². The number of benzene rings is 2. The van der Waals surface area contributed by atoms with E-state index in [2.05, 4.69) is 71.0 Å². The van der Waals surface area contributed by atoms with Crippen LogP contribution in [-0.2, 0) is 6.54 Å². The van der Waals surface area contributed by atoms with E-state index >= 15 is 0 Å². The molecule has 1 heterocycles. The van der Waals surface area contributed by atoms with Crippen molar-refractivity contribution in [3.05, 3.63) is 83.6 Å². The lowest BCUT2D eigenvalue weighted by atomic mass is 9.86. The summed E-state index contributed by atoms with van der Waals surface area (Å²) in [5.41, 5.74) is 2.58. The summed E-state index contributed by atoms with van der Waals surface area (Å²) in [4.78, 5) is 0. The largest absolute Gasteiger partial charge is 0.424 e. The third-order valence-electron chi connectivity index (χ3n) is 3.96. The Hall–Kier alpha value is -2.46. The minimum Gasteiger partial charge on any atom is -0.424 e. The van der Waals surface area contributed by atoms with Crippen LogP contribution in [0.25, 0.3) is 0 Å². The van der Waals surface area contributed by atoms with Gasteiger partial charge in [-0.05, 0) is 18.1 Å². The monoisotopic (exact) mass is 307 g/mol. The molecule has 4 heteroatoms. The van der Waals surface area contributed by atoms with Gasteiger partial charge >= 0.3 is 0 Å². The summed E-state index contributed by atoms with van der Waals surface area (Å²) in [6.07, 6.45) is 0. The van der Waals surface area contributed by atoms with Crippen LogP contribution in [0.1, 0.15) is 35.7 Å². The van der Waals surface area contributed by atoms with E-state index in [9.17, 15) is 0 Å². The zero-order chi connectivity index (χ0) is 16.1. The van der Waals surface area contributed by atoms with E-state index < -0.39 is 0 Å². The molecule has 0 saturated carbocycles. The lowest BCUT2D eigenvalue weighted by molar-refractivity contribution is 0.414. The van der Waals surface area contributed by atoms with Crippen molar-refractivity contribution in [2.24, 2.45) is 0 Å². The first kappa shape index (κ1) is 15.4. The highest BCUT2D eigenvalue weighted by atomic mass is 16.4. The summed E-state index contributed by atoms with van der Waals surface area (Å²) in [5.74, 6) is 1.48. The molecule has 0 saturated heterocycles. The number of rotatable bonds is 6. The Labute approximate surface area is 136 Å². The van der Waals surface area contributed by atoms with Crippen LogP contribution in [0.2, 0.25) is 0 Å². The fraction of sp³-hybridized carbons (Fsp3) is 0.263. The molecule has 0 spiro atoms. The summed E-state index contributed by atoms with van der Waals surface area (Å²) in [5, 5.41) is 11.4. The first-order valence-corrected chi connectivity index (χ1v) is 7.86. The second kappa shape index (κ2) is 7.20. The number of aryl methyl sites for hydroxylation is 1. The third-order valence-corrected chi connectivity index (χ3v) is 3.96. The number of hydrogen-bond donors (Lipinski definition) is 1. The molecule has 0 bridgehead atoms. The summed E-state index contributed by atoms with van der Waals surface area (Å²) in [6, 6.07) is 21.3.